The van der Waals surface area contributed by atoms with Crippen LogP contribution >= 0.6 is 0 Å². The van der Waals surface area contributed by atoms with Crippen molar-refractivity contribution >= 4 is 17.7 Å². The number of likely N-dealkylation sites (tertiary alicyclic amines) is 1. The molecule has 0 bridgehead atoms. The zero-order valence-corrected chi connectivity index (χ0v) is 14.4. The molecule has 1 aliphatic rings. The Labute approximate surface area is 138 Å². The van der Waals surface area contributed by atoms with Gasteiger partial charge in [0.1, 0.15) is 0 Å². The van der Waals surface area contributed by atoms with Crippen LogP contribution in [0.3, 0.4) is 0 Å². The number of amides is 2. The molecule has 2 rings (SSSR count). The molecule has 7 nitrogen and oxygen atoms in total. The molecule has 7 heteroatoms. The summed E-state index contributed by atoms with van der Waals surface area (Å²) in [7, 11) is 3.75. The lowest BCUT2D eigenvalue weighted by atomic mass is 10.1. The Morgan fingerprint density at radius 1 is 1.26 bits per heavy atom. The average molecular weight is 320 g/mol. The third-order valence-electron chi connectivity index (χ3n) is 4.16. The van der Waals surface area contributed by atoms with E-state index in [0.29, 0.717) is 24.2 Å². The summed E-state index contributed by atoms with van der Waals surface area (Å²) in [5.74, 6) is 0.617. The Hall–Kier alpha value is -1.89. The van der Waals surface area contributed by atoms with E-state index in [9.17, 15) is 4.79 Å². The van der Waals surface area contributed by atoms with Gasteiger partial charge in [0.15, 0.2) is 0 Å². The van der Waals surface area contributed by atoms with Crippen LogP contribution in [0.4, 0.5) is 16.4 Å². The first-order chi connectivity index (χ1) is 11.1. The molecular weight excluding hydrogens is 292 g/mol. The molecule has 1 saturated heterocycles. The fourth-order valence-corrected chi connectivity index (χ4v) is 2.73. The van der Waals surface area contributed by atoms with Crippen molar-refractivity contribution in [3.63, 3.8) is 0 Å². The van der Waals surface area contributed by atoms with Crippen LogP contribution in [-0.2, 0) is 0 Å². The van der Waals surface area contributed by atoms with Crippen LogP contribution in [0, 0.1) is 0 Å². The first-order valence-corrected chi connectivity index (χ1v) is 8.34. The van der Waals surface area contributed by atoms with Gasteiger partial charge in [-0.25, -0.2) is 14.8 Å². The van der Waals surface area contributed by atoms with Crippen molar-refractivity contribution in [1.82, 2.24) is 20.2 Å². The highest BCUT2D eigenvalue weighted by molar-refractivity contribution is 5.88. The molecule has 2 N–H and O–H groups in total. The lowest BCUT2D eigenvalue weighted by molar-refractivity contribution is 0.166. The van der Waals surface area contributed by atoms with Gasteiger partial charge in [-0.2, -0.15) is 0 Å². The second-order valence-corrected chi connectivity index (χ2v) is 6.28. The highest BCUT2D eigenvalue weighted by Gasteiger charge is 2.16. The van der Waals surface area contributed by atoms with E-state index in [1.54, 1.807) is 12.4 Å². The number of hydrogen-bond donors (Lipinski definition) is 2. The maximum Gasteiger partial charge on any atom is 0.319 e. The standard InChI is InChI=1S/C16H28N6O/c1-13(22-9-5-4-6-10-22)7-8-17-16(23)20-14-11-18-15(19-12-14)21(2)3/h11-13H,4-10H2,1-3H3,(H2,17,20,23)/t13-/m1/s1. The second kappa shape index (κ2) is 8.67. The summed E-state index contributed by atoms with van der Waals surface area (Å²) in [5.41, 5.74) is 0.595. The van der Waals surface area contributed by atoms with Crippen molar-refractivity contribution < 1.29 is 4.79 Å². The smallest absolute Gasteiger partial charge is 0.319 e. The molecule has 0 saturated carbocycles. The molecule has 1 aromatic heterocycles. The molecular formula is C16H28N6O. The zero-order valence-electron chi connectivity index (χ0n) is 14.4. The molecule has 0 spiro atoms. The fraction of sp³-hybridized carbons (Fsp3) is 0.688. The minimum Gasteiger partial charge on any atom is -0.347 e. The number of nitrogens with zero attached hydrogens (tertiary/aromatic N) is 4. The molecule has 1 aromatic rings. The van der Waals surface area contributed by atoms with E-state index in [2.05, 4.69) is 32.4 Å². The van der Waals surface area contributed by atoms with E-state index >= 15 is 0 Å². The van der Waals surface area contributed by atoms with Crippen molar-refractivity contribution in [2.45, 2.75) is 38.6 Å². The molecule has 0 radical (unpaired) electrons. The monoisotopic (exact) mass is 320 g/mol. The Balaban J connectivity index is 1.68. The van der Waals surface area contributed by atoms with Gasteiger partial charge in [-0.1, -0.05) is 6.42 Å². The number of carbonyl (C=O) groups is 1. The number of carbonyl (C=O) groups excluding carboxylic acids is 1. The third kappa shape index (κ3) is 5.67. The van der Waals surface area contributed by atoms with Crippen LogP contribution in [0.15, 0.2) is 12.4 Å². The van der Waals surface area contributed by atoms with Gasteiger partial charge in [0.2, 0.25) is 5.95 Å². The highest BCUT2D eigenvalue weighted by atomic mass is 16.2. The first kappa shape index (κ1) is 17.5. The van der Waals surface area contributed by atoms with Crippen molar-refractivity contribution in [2.24, 2.45) is 0 Å². The van der Waals surface area contributed by atoms with Gasteiger partial charge in [0, 0.05) is 26.7 Å². The number of anilines is 2. The van der Waals surface area contributed by atoms with Gasteiger partial charge in [-0.05, 0) is 39.3 Å². The molecule has 1 aliphatic heterocycles. The zero-order chi connectivity index (χ0) is 16.7. The predicted molar refractivity (Wildman–Crippen MR) is 92.9 cm³/mol. The minimum atomic E-state index is -0.211. The number of nitrogens with one attached hydrogen (secondary N) is 2. The van der Waals surface area contributed by atoms with E-state index < -0.39 is 0 Å². The summed E-state index contributed by atoms with van der Waals surface area (Å²) in [6.45, 7) is 5.27. The normalized spacial score (nSPS) is 16.7. The van der Waals surface area contributed by atoms with Gasteiger partial charge in [0.25, 0.3) is 0 Å². The van der Waals surface area contributed by atoms with Crippen LogP contribution in [0.5, 0.6) is 0 Å². The van der Waals surface area contributed by atoms with Crippen molar-refractivity contribution in [1.29, 1.82) is 0 Å². The van der Waals surface area contributed by atoms with Gasteiger partial charge < -0.3 is 20.4 Å². The number of piperidine rings is 1. The van der Waals surface area contributed by atoms with Crippen LogP contribution in [-0.4, -0.2) is 60.7 Å². The number of aromatic nitrogens is 2. The molecule has 0 unspecified atom stereocenters. The van der Waals surface area contributed by atoms with E-state index in [1.165, 1.54) is 32.4 Å². The minimum absolute atomic E-state index is 0.211. The molecule has 0 aliphatic carbocycles. The summed E-state index contributed by atoms with van der Waals surface area (Å²) in [6, 6.07) is 0.301. The molecule has 2 amide bonds. The van der Waals surface area contributed by atoms with Gasteiger partial charge in [-0.3, -0.25) is 0 Å². The van der Waals surface area contributed by atoms with Gasteiger partial charge >= 0.3 is 6.03 Å². The largest absolute Gasteiger partial charge is 0.347 e. The summed E-state index contributed by atoms with van der Waals surface area (Å²) in [6.07, 6.45) is 8.11. The summed E-state index contributed by atoms with van der Waals surface area (Å²) >= 11 is 0. The highest BCUT2D eigenvalue weighted by Crippen LogP contribution is 2.13. The van der Waals surface area contributed by atoms with Crippen LogP contribution in [0.1, 0.15) is 32.6 Å². The Kier molecular flexibility index (Phi) is 6.58. The molecule has 0 aromatic carbocycles. The SMILES string of the molecule is C[C@H](CCNC(=O)Nc1cnc(N(C)C)nc1)N1CCCCC1. The number of rotatable bonds is 6. The number of urea groups is 1. The Morgan fingerprint density at radius 3 is 2.52 bits per heavy atom. The molecule has 128 valence electrons. The molecule has 1 atom stereocenters. The van der Waals surface area contributed by atoms with Crippen molar-refractivity contribution in [3.8, 4) is 0 Å². The molecule has 2 heterocycles. The van der Waals surface area contributed by atoms with Crippen LogP contribution in [0.2, 0.25) is 0 Å². The maximum atomic E-state index is 11.9. The van der Waals surface area contributed by atoms with E-state index in [1.807, 2.05) is 19.0 Å². The lowest BCUT2D eigenvalue weighted by Gasteiger charge is -2.32. The topological polar surface area (TPSA) is 73.4 Å². The van der Waals surface area contributed by atoms with Gasteiger partial charge in [-0.15, -0.1) is 0 Å². The van der Waals surface area contributed by atoms with E-state index in [4.69, 9.17) is 0 Å². The van der Waals surface area contributed by atoms with Crippen molar-refractivity contribution in [3.05, 3.63) is 12.4 Å². The summed E-state index contributed by atoms with van der Waals surface area (Å²) in [4.78, 5) is 24.5. The van der Waals surface area contributed by atoms with Gasteiger partial charge in [0.05, 0.1) is 18.1 Å². The maximum absolute atomic E-state index is 11.9. The lowest BCUT2D eigenvalue weighted by Crippen LogP contribution is -2.40. The quantitative estimate of drug-likeness (QED) is 0.838. The molecule has 1 fully saturated rings. The van der Waals surface area contributed by atoms with Crippen LogP contribution in [0.25, 0.3) is 0 Å². The summed E-state index contributed by atoms with van der Waals surface area (Å²) < 4.78 is 0. The predicted octanol–water partition coefficient (Wildman–Crippen LogP) is 1.93. The first-order valence-electron chi connectivity index (χ1n) is 8.34. The Bertz CT molecular complexity index is 484. The Morgan fingerprint density at radius 2 is 1.91 bits per heavy atom. The van der Waals surface area contributed by atoms with E-state index in [-0.39, 0.29) is 6.03 Å². The van der Waals surface area contributed by atoms with E-state index in [0.717, 1.165) is 6.42 Å². The van der Waals surface area contributed by atoms with Crippen LogP contribution < -0.4 is 15.5 Å². The fourth-order valence-electron chi connectivity index (χ4n) is 2.73. The second-order valence-electron chi connectivity index (χ2n) is 6.28. The third-order valence-corrected chi connectivity index (χ3v) is 4.16. The summed E-state index contributed by atoms with van der Waals surface area (Å²) in [5, 5.41) is 5.65. The van der Waals surface area contributed by atoms with Crippen molar-refractivity contribution in [2.75, 3.05) is 43.9 Å². The molecule has 23 heavy (non-hydrogen) atoms. The average Bonchev–Trinajstić information content (AvgIpc) is 2.56. The number of hydrogen-bond acceptors (Lipinski definition) is 5.